The summed E-state index contributed by atoms with van der Waals surface area (Å²) in [5.41, 5.74) is -0.396. The van der Waals surface area contributed by atoms with Crippen molar-refractivity contribution in [2.75, 3.05) is 6.61 Å². The van der Waals surface area contributed by atoms with Gasteiger partial charge in [0.05, 0.1) is 18.3 Å². The summed E-state index contributed by atoms with van der Waals surface area (Å²) in [5, 5.41) is 30.7. The molecular formula is C21H38O3. The number of hydrogen-bond acceptors (Lipinski definition) is 3. The Bertz CT molecular complexity index is 485. The molecule has 3 aliphatic rings. The second kappa shape index (κ2) is 5.69. The Balaban J connectivity index is 1.88. The first-order chi connectivity index (χ1) is 11.0. The van der Waals surface area contributed by atoms with Crippen LogP contribution in [0, 0.1) is 34.0 Å². The van der Waals surface area contributed by atoms with Crippen LogP contribution < -0.4 is 0 Å². The molecule has 0 saturated heterocycles. The molecule has 3 N–H and O–H groups in total. The van der Waals surface area contributed by atoms with E-state index >= 15 is 0 Å². The Morgan fingerprint density at radius 2 is 1.62 bits per heavy atom. The van der Waals surface area contributed by atoms with Crippen LogP contribution >= 0.6 is 0 Å². The maximum Gasteiger partial charge on any atom is 0.0877 e. The van der Waals surface area contributed by atoms with Crippen molar-refractivity contribution >= 4 is 0 Å². The minimum Gasteiger partial charge on any atom is -0.393 e. The Morgan fingerprint density at radius 1 is 0.958 bits per heavy atom. The van der Waals surface area contributed by atoms with E-state index in [2.05, 4.69) is 27.7 Å². The molecule has 0 aromatic heterocycles. The summed E-state index contributed by atoms with van der Waals surface area (Å²) < 4.78 is 0. The lowest BCUT2D eigenvalue weighted by molar-refractivity contribution is -0.195. The van der Waals surface area contributed by atoms with Crippen molar-refractivity contribution in [2.45, 2.75) is 91.3 Å². The third kappa shape index (κ3) is 2.57. The molecular weight excluding hydrogens is 300 g/mol. The fraction of sp³-hybridized carbons (Fsp3) is 1.00. The number of hydrogen-bond donors (Lipinski definition) is 3. The number of fused-ring (bicyclic) bond motifs is 3. The van der Waals surface area contributed by atoms with Crippen LogP contribution in [0.1, 0.15) is 79.6 Å². The number of rotatable bonds is 2. The van der Waals surface area contributed by atoms with Gasteiger partial charge in [-0.15, -0.1) is 0 Å². The van der Waals surface area contributed by atoms with E-state index in [0.29, 0.717) is 17.3 Å². The quantitative estimate of drug-likeness (QED) is 0.718. The van der Waals surface area contributed by atoms with Gasteiger partial charge in [0.15, 0.2) is 0 Å². The van der Waals surface area contributed by atoms with E-state index in [-0.39, 0.29) is 29.5 Å². The molecule has 3 fully saturated rings. The molecule has 3 nitrogen and oxygen atoms in total. The van der Waals surface area contributed by atoms with Gasteiger partial charge >= 0.3 is 0 Å². The summed E-state index contributed by atoms with van der Waals surface area (Å²) in [7, 11) is 0. The maximum absolute atomic E-state index is 10.6. The average molecular weight is 339 g/mol. The van der Waals surface area contributed by atoms with Gasteiger partial charge in [-0.05, 0) is 85.9 Å². The molecule has 7 atom stereocenters. The first kappa shape index (κ1) is 18.7. The summed E-state index contributed by atoms with van der Waals surface area (Å²) in [5.74, 6) is 1.45. The zero-order valence-corrected chi connectivity index (χ0v) is 16.3. The zero-order chi connectivity index (χ0) is 18.0. The molecule has 0 aromatic rings. The van der Waals surface area contributed by atoms with E-state index < -0.39 is 5.60 Å². The Hall–Kier alpha value is -0.120. The van der Waals surface area contributed by atoms with Crippen LogP contribution in [0.4, 0.5) is 0 Å². The molecule has 0 aromatic carbocycles. The van der Waals surface area contributed by atoms with Crippen molar-refractivity contribution < 1.29 is 15.3 Å². The molecule has 1 unspecified atom stereocenters. The van der Waals surface area contributed by atoms with Crippen molar-refractivity contribution in [3.05, 3.63) is 0 Å². The third-order valence-corrected chi connectivity index (χ3v) is 8.87. The Kier molecular flexibility index (Phi) is 4.42. The molecule has 0 heterocycles. The predicted octanol–water partition coefficient (Wildman–Crippen LogP) is 3.75. The van der Waals surface area contributed by atoms with E-state index in [4.69, 9.17) is 0 Å². The molecule has 140 valence electrons. The summed E-state index contributed by atoms with van der Waals surface area (Å²) >= 11 is 0. The Labute approximate surface area is 147 Å². The van der Waals surface area contributed by atoms with Crippen LogP contribution in [-0.2, 0) is 0 Å². The van der Waals surface area contributed by atoms with Crippen LogP contribution in [0.25, 0.3) is 0 Å². The lowest BCUT2D eigenvalue weighted by atomic mass is 9.40. The molecule has 3 aliphatic carbocycles. The van der Waals surface area contributed by atoms with E-state index in [1.54, 1.807) is 6.92 Å². The van der Waals surface area contributed by atoms with E-state index in [1.165, 1.54) is 12.8 Å². The monoisotopic (exact) mass is 338 g/mol. The van der Waals surface area contributed by atoms with Crippen LogP contribution in [0.15, 0.2) is 0 Å². The number of aliphatic hydroxyl groups is 3. The van der Waals surface area contributed by atoms with Gasteiger partial charge in [0.2, 0.25) is 0 Å². The predicted molar refractivity (Wildman–Crippen MR) is 96.5 cm³/mol. The minimum absolute atomic E-state index is 0.00176. The summed E-state index contributed by atoms with van der Waals surface area (Å²) in [4.78, 5) is 0. The molecule has 3 saturated carbocycles. The van der Waals surface area contributed by atoms with E-state index in [9.17, 15) is 15.3 Å². The lowest BCUT2D eigenvalue weighted by Crippen LogP contribution is -2.60. The van der Waals surface area contributed by atoms with Crippen molar-refractivity contribution in [3.8, 4) is 0 Å². The van der Waals surface area contributed by atoms with Gasteiger partial charge in [-0.25, -0.2) is 0 Å². The second-order valence-electron chi connectivity index (χ2n) is 10.7. The van der Waals surface area contributed by atoms with Crippen molar-refractivity contribution in [1.29, 1.82) is 0 Å². The van der Waals surface area contributed by atoms with Gasteiger partial charge in [0.25, 0.3) is 0 Å². The van der Waals surface area contributed by atoms with E-state index in [0.717, 1.165) is 32.1 Å². The lowest BCUT2D eigenvalue weighted by Gasteiger charge is -2.66. The minimum atomic E-state index is -0.951. The second-order valence-corrected chi connectivity index (χ2v) is 10.7. The molecule has 0 amide bonds. The van der Waals surface area contributed by atoms with Gasteiger partial charge in [-0.3, -0.25) is 0 Å². The van der Waals surface area contributed by atoms with Crippen LogP contribution in [-0.4, -0.2) is 33.6 Å². The fourth-order valence-corrected chi connectivity index (χ4v) is 7.25. The molecule has 0 bridgehead atoms. The normalized spacial score (nSPS) is 50.5. The summed E-state index contributed by atoms with van der Waals surface area (Å²) in [6, 6.07) is 0. The Morgan fingerprint density at radius 3 is 2.25 bits per heavy atom. The third-order valence-electron chi connectivity index (χ3n) is 8.87. The van der Waals surface area contributed by atoms with Gasteiger partial charge in [-0.1, -0.05) is 27.7 Å². The first-order valence-electron chi connectivity index (χ1n) is 9.99. The molecule has 3 rings (SSSR count). The fourth-order valence-electron chi connectivity index (χ4n) is 7.25. The first-order valence-corrected chi connectivity index (χ1v) is 9.99. The molecule has 0 radical (unpaired) electrons. The molecule has 24 heavy (non-hydrogen) atoms. The van der Waals surface area contributed by atoms with Crippen molar-refractivity contribution in [1.82, 2.24) is 0 Å². The van der Waals surface area contributed by atoms with Gasteiger partial charge in [0, 0.05) is 0 Å². The number of aliphatic hydroxyl groups excluding tert-OH is 2. The molecule has 0 spiro atoms. The topological polar surface area (TPSA) is 60.7 Å². The maximum atomic E-state index is 10.6. The van der Waals surface area contributed by atoms with Crippen molar-refractivity contribution in [2.24, 2.45) is 34.0 Å². The highest BCUT2D eigenvalue weighted by atomic mass is 16.3. The van der Waals surface area contributed by atoms with Crippen LogP contribution in [0.3, 0.4) is 0 Å². The highest BCUT2D eigenvalue weighted by Crippen LogP contribution is 2.68. The largest absolute Gasteiger partial charge is 0.393 e. The smallest absolute Gasteiger partial charge is 0.0877 e. The highest BCUT2D eigenvalue weighted by molar-refractivity contribution is 5.11. The summed E-state index contributed by atoms with van der Waals surface area (Å²) in [6.07, 6.45) is 7.43. The zero-order valence-electron chi connectivity index (χ0n) is 16.3. The van der Waals surface area contributed by atoms with E-state index in [1.807, 2.05) is 0 Å². The molecule has 3 heteroatoms. The molecule has 0 aliphatic heterocycles. The van der Waals surface area contributed by atoms with Gasteiger partial charge in [-0.2, -0.15) is 0 Å². The van der Waals surface area contributed by atoms with Crippen LogP contribution in [0.2, 0.25) is 0 Å². The van der Waals surface area contributed by atoms with Gasteiger partial charge in [0.1, 0.15) is 0 Å². The van der Waals surface area contributed by atoms with Crippen molar-refractivity contribution in [3.63, 3.8) is 0 Å². The average Bonchev–Trinajstić information content (AvgIpc) is 2.50. The highest BCUT2D eigenvalue weighted by Gasteiger charge is 2.61. The van der Waals surface area contributed by atoms with Gasteiger partial charge < -0.3 is 15.3 Å². The SMILES string of the molecule is CC1(C)[C@H](O)CC[C@]2(C)[C@@H]1CC[C@@]1(C)CC([C@@](C)(O)CO)CC[C@H]12. The standard InChI is InChI=1S/C21H38O3/c1-18(2)15-8-10-19(3)12-14(21(5,24)13-22)6-7-16(19)20(15,4)11-9-17(18)23/h14-17,22-24H,6-13H2,1-5H3/t14?,15-,16-,17-,19+,20-,21+/m1/s1. The van der Waals surface area contributed by atoms with Crippen LogP contribution in [0.5, 0.6) is 0 Å². The summed E-state index contributed by atoms with van der Waals surface area (Å²) in [6.45, 7) is 11.1.